The molecule has 186 valence electrons. The molecule has 1 saturated heterocycles. The number of likely N-dealkylation sites (tertiary alicyclic amines) is 1. The molecule has 0 radical (unpaired) electrons. The number of urea groups is 1. The maximum absolute atomic E-state index is 14.9. The van der Waals surface area contributed by atoms with Crippen molar-refractivity contribution < 1.29 is 23.6 Å². The molecule has 2 amide bonds. The van der Waals surface area contributed by atoms with Crippen molar-refractivity contribution in [1.29, 1.82) is 0 Å². The monoisotopic (exact) mass is 486 g/mol. The average molecular weight is 487 g/mol. The zero-order chi connectivity index (χ0) is 25.3. The molecule has 4 rings (SSSR count). The van der Waals surface area contributed by atoms with Gasteiger partial charge in [-0.25, -0.2) is 13.6 Å². The minimum Gasteiger partial charge on any atom is -0.393 e. The molecule has 8 nitrogen and oxygen atoms in total. The fourth-order valence-corrected chi connectivity index (χ4v) is 5.00. The summed E-state index contributed by atoms with van der Waals surface area (Å²) in [6.07, 6.45) is 0.787. The lowest BCUT2D eigenvalue weighted by molar-refractivity contribution is -0.384. The van der Waals surface area contributed by atoms with E-state index < -0.39 is 41.1 Å². The van der Waals surface area contributed by atoms with Crippen molar-refractivity contribution in [1.82, 2.24) is 14.7 Å². The number of amides is 2. The number of nitro groups is 1. The highest BCUT2D eigenvalue weighted by atomic mass is 19.1. The second-order valence-corrected chi connectivity index (χ2v) is 9.15. The molecule has 1 fully saturated rings. The number of rotatable bonds is 5. The summed E-state index contributed by atoms with van der Waals surface area (Å²) in [5.74, 6) is -0.677. The first kappa shape index (κ1) is 24.7. The smallest absolute Gasteiger partial charge is 0.321 e. The second kappa shape index (κ2) is 9.71. The van der Waals surface area contributed by atoms with Gasteiger partial charge in [0.1, 0.15) is 17.5 Å². The molecule has 0 spiro atoms. The van der Waals surface area contributed by atoms with Crippen LogP contribution in [-0.2, 0) is 5.54 Å². The van der Waals surface area contributed by atoms with Crippen LogP contribution in [0.4, 0.5) is 19.3 Å². The molecule has 0 saturated carbocycles. The van der Waals surface area contributed by atoms with Crippen molar-refractivity contribution in [2.45, 2.75) is 24.2 Å². The van der Waals surface area contributed by atoms with E-state index in [1.54, 1.807) is 36.4 Å². The summed E-state index contributed by atoms with van der Waals surface area (Å²) in [6, 6.07) is 10.8. The molecule has 3 atom stereocenters. The van der Waals surface area contributed by atoms with E-state index in [1.807, 2.05) is 11.9 Å². The molecule has 0 aliphatic carbocycles. The SMILES string of the molecule is CN1CCC(N(C)C(=O)N2CC(c3cc([N+](=O)[O-])ccc3F)=C[C@@]2(CO)c2ccccc2)C(F)C1. The van der Waals surface area contributed by atoms with Crippen LogP contribution < -0.4 is 0 Å². The van der Waals surface area contributed by atoms with Crippen LogP contribution in [0.15, 0.2) is 54.6 Å². The highest BCUT2D eigenvalue weighted by molar-refractivity contribution is 5.84. The normalized spacial score (nSPS) is 24.8. The van der Waals surface area contributed by atoms with Gasteiger partial charge in [-0.1, -0.05) is 30.3 Å². The minimum absolute atomic E-state index is 0.0198. The van der Waals surface area contributed by atoms with Crippen molar-refractivity contribution in [2.24, 2.45) is 0 Å². The maximum atomic E-state index is 14.9. The summed E-state index contributed by atoms with van der Waals surface area (Å²) in [4.78, 5) is 29.1. The lowest BCUT2D eigenvalue weighted by atomic mass is 9.89. The lowest BCUT2D eigenvalue weighted by Crippen LogP contribution is -2.58. The molecular formula is C25H28F2N4O4. The van der Waals surface area contributed by atoms with Gasteiger partial charge in [0.2, 0.25) is 0 Å². The first-order chi connectivity index (χ1) is 16.7. The third-order valence-electron chi connectivity index (χ3n) is 6.98. The summed E-state index contributed by atoms with van der Waals surface area (Å²) in [5, 5.41) is 21.9. The molecule has 0 bridgehead atoms. The number of carbonyl (C=O) groups excluding carboxylic acids is 1. The standard InChI is InChI=1S/C25H28F2N4O4/c1-28-11-10-23(22(27)15-28)29(2)24(33)30-14-17(20-12-19(31(34)35)8-9-21(20)26)13-25(30,16-32)18-6-4-3-5-7-18/h3-9,12-13,22-23,32H,10-11,14-16H2,1-2H3/t22?,23?,25-/m1/s1. The minimum atomic E-state index is -1.35. The molecule has 10 heteroatoms. The molecule has 1 N–H and O–H groups in total. The Balaban J connectivity index is 1.76. The number of carbonyl (C=O) groups is 1. The Labute approximate surface area is 202 Å². The predicted molar refractivity (Wildman–Crippen MR) is 127 cm³/mol. The molecule has 2 aromatic rings. The van der Waals surface area contributed by atoms with Crippen LogP contribution >= 0.6 is 0 Å². The van der Waals surface area contributed by atoms with Crippen LogP contribution in [0.3, 0.4) is 0 Å². The number of alkyl halides is 1. The number of aliphatic hydroxyl groups excluding tert-OH is 1. The zero-order valence-corrected chi connectivity index (χ0v) is 19.6. The number of halogens is 2. The number of nitrogens with zero attached hydrogens (tertiary/aromatic N) is 4. The Morgan fingerprint density at radius 3 is 2.63 bits per heavy atom. The number of piperidine rings is 1. The van der Waals surface area contributed by atoms with E-state index >= 15 is 0 Å². The van der Waals surface area contributed by atoms with Gasteiger partial charge in [-0.2, -0.15) is 0 Å². The lowest BCUT2D eigenvalue weighted by Gasteiger charge is -2.43. The number of non-ortho nitro benzene ring substituents is 1. The van der Waals surface area contributed by atoms with Gasteiger partial charge in [-0.05, 0) is 36.7 Å². The van der Waals surface area contributed by atoms with E-state index in [1.165, 1.54) is 16.8 Å². The molecule has 2 aliphatic heterocycles. The van der Waals surface area contributed by atoms with Crippen LogP contribution in [0, 0.1) is 15.9 Å². The van der Waals surface area contributed by atoms with Gasteiger partial charge in [0, 0.05) is 44.4 Å². The summed E-state index contributed by atoms with van der Waals surface area (Å²) < 4.78 is 29.7. The third-order valence-corrected chi connectivity index (χ3v) is 6.98. The summed E-state index contributed by atoms with van der Waals surface area (Å²) in [7, 11) is 3.35. The zero-order valence-electron chi connectivity index (χ0n) is 19.6. The van der Waals surface area contributed by atoms with Gasteiger partial charge in [-0.15, -0.1) is 0 Å². The van der Waals surface area contributed by atoms with Crippen molar-refractivity contribution in [2.75, 3.05) is 40.3 Å². The third kappa shape index (κ3) is 4.51. The molecule has 2 unspecified atom stereocenters. The molecule has 2 aromatic carbocycles. The van der Waals surface area contributed by atoms with E-state index in [2.05, 4.69) is 0 Å². The van der Waals surface area contributed by atoms with Crippen molar-refractivity contribution in [3.63, 3.8) is 0 Å². The van der Waals surface area contributed by atoms with Gasteiger partial charge in [-0.3, -0.25) is 10.1 Å². The largest absolute Gasteiger partial charge is 0.393 e. The van der Waals surface area contributed by atoms with Crippen LogP contribution in [0.1, 0.15) is 17.5 Å². The van der Waals surface area contributed by atoms with E-state index in [4.69, 9.17) is 0 Å². The van der Waals surface area contributed by atoms with E-state index in [-0.39, 0.29) is 24.3 Å². The van der Waals surface area contributed by atoms with Gasteiger partial charge < -0.3 is 19.8 Å². The van der Waals surface area contributed by atoms with Crippen molar-refractivity contribution in [3.05, 3.63) is 81.7 Å². The molecule has 0 aromatic heterocycles. The number of hydrogen-bond donors (Lipinski definition) is 1. The Morgan fingerprint density at radius 1 is 1.29 bits per heavy atom. The van der Waals surface area contributed by atoms with Gasteiger partial charge >= 0.3 is 6.03 Å². The fourth-order valence-electron chi connectivity index (χ4n) is 5.00. The Morgan fingerprint density at radius 2 is 2.00 bits per heavy atom. The van der Waals surface area contributed by atoms with Gasteiger partial charge in [0.05, 0.1) is 17.6 Å². The summed E-state index contributed by atoms with van der Waals surface area (Å²) >= 11 is 0. The summed E-state index contributed by atoms with van der Waals surface area (Å²) in [5.41, 5.74) is -0.744. The first-order valence-corrected chi connectivity index (χ1v) is 11.4. The van der Waals surface area contributed by atoms with E-state index in [0.29, 0.717) is 24.1 Å². The van der Waals surface area contributed by atoms with Crippen LogP contribution in [0.2, 0.25) is 0 Å². The predicted octanol–water partition coefficient (Wildman–Crippen LogP) is 3.41. The Kier molecular flexibility index (Phi) is 6.86. The molecule has 2 heterocycles. The molecular weight excluding hydrogens is 458 g/mol. The maximum Gasteiger partial charge on any atom is 0.321 e. The number of hydrogen-bond acceptors (Lipinski definition) is 5. The molecule has 2 aliphatic rings. The van der Waals surface area contributed by atoms with Crippen molar-refractivity contribution in [3.8, 4) is 0 Å². The fraction of sp³-hybridized carbons (Fsp3) is 0.400. The van der Waals surface area contributed by atoms with Crippen LogP contribution in [-0.4, -0.2) is 83.3 Å². The van der Waals surface area contributed by atoms with Crippen LogP contribution in [0.5, 0.6) is 0 Å². The highest BCUT2D eigenvalue weighted by Gasteiger charge is 2.47. The Bertz CT molecular complexity index is 1150. The van der Waals surface area contributed by atoms with Gasteiger partial charge in [0.15, 0.2) is 0 Å². The first-order valence-electron chi connectivity index (χ1n) is 11.4. The topological polar surface area (TPSA) is 90.2 Å². The Hall–Kier alpha value is -3.37. The quantitative estimate of drug-likeness (QED) is 0.517. The van der Waals surface area contributed by atoms with Crippen LogP contribution in [0.25, 0.3) is 5.57 Å². The van der Waals surface area contributed by atoms with Gasteiger partial charge in [0.25, 0.3) is 5.69 Å². The van der Waals surface area contributed by atoms with Crippen molar-refractivity contribution >= 4 is 17.3 Å². The van der Waals surface area contributed by atoms with E-state index in [0.717, 1.165) is 18.2 Å². The number of aliphatic hydroxyl groups is 1. The highest BCUT2D eigenvalue weighted by Crippen LogP contribution is 2.42. The molecule has 35 heavy (non-hydrogen) atoms. The number of nitro benzene ring substituents is 1. The average Bonchev–Trinajstić information content (AvgIpc) is 3.24. The number of benzene rings is 2. The van der Waals surface area contributed by atoms with E-state index in [9.17, 15) is 28.8 Å². The second-order valence-electron chi connectivity index (χ2n) is 9.15. The summed E-state index contributed by atoms with van der Waals surface area (Å²) in [6.45, 7) is 0.215.